The molecule has 0 spiro atoms. The van der Waals surface area contributed by atoms with Crippen molar-refractivity contribution in [1.82, 2.24) is 13.8 Å². The Morgan fingerprint density at radius 2 is 1.71 bits per heavy atom. The van der Waals surface area contributed by atoms with Gasteiger partial charge in [-0.25, -0.2) is 8.42 Å². The Kier molecular flexibility index (Phi) is 5.65. The molecule has 38 heavy (non-hydrogen) atoms. The van der Waals surface area contributed by atoms with E-state index in [0.29, 0.717) is 23.9 Å². The van der Waals surface area contributed by atoms with E-state index in [1.54, 1.807) is 10.4 Å². The highest BCUT2D eigenvalue weighted by atomic mass is 32.2. The number of piperazine rings is 1. The third kappa shape index (κ3) is 3.63. The second-order valence-electron chi connectivity index (χ2n) is 11.0. The highest BCUT2D eigenvalue weighted by Gasteiger charge is 2.39. The lowest BCUT2D eigenvalue weighted by Gasteiger charge is -2.38. The summed E-state index contributed by atoms with van der Waals surface area (Å²) >= 11 is 0. The summed E-state index contributed by atoms with van der Waals surface area (Å²) in [5, 5.41) is 6.41. The van der Waals surface area contributed by atoms with Gasteiger partial charge in [0.2, 0.25) is 10.0 Å². The summed E-state index contributed by atoms with van der Waals surface area (Å²) in [6.07, 6.45) is 5.53. The predicted octanol–water partition coefficient (Wildman–Crippen LogP) is 5.58. The van der Waals surface area contributed by atoms with Crippen molar-refractivity contribution < 1.29 is 8.42 Å². The molecule has 4 aromatic rings. The van der Waals surface area contributed by atoms with Crippen LogP contribution in [0.2, 0.25) is 0 Å². The van der Waals surface area contributed by atoms with E-state index in [9.17, 15) is 8.42 Å². The predicted molar refractivity (Wildman–Crippen MR) is 154 cm³/mol. The van der Waals surface area contributed by atoms with Crippen LogP contribution in [0.15, 0.2) is 77.7 Å². The molecule has 3 atom stereocenters. The van der Waals surface area contributed by atoms with Gasteiger partial charge in [-0.2, -0.15) is 4.31 Å². The fourth-order valence-electron chi connectivity index (χ4n) is 6.85. The van der Waals surface area contributed by atoms with Crippen LogP contribution in [0.1, 0.15) is 36.4 Å². The molecule has 3 heterocycles. The number of aryl methyl sites for hydroxylation is 1. The molecule has 0 radical (unpaired) electrons. The molecule has 6 nitrogen and oxygen atoms in total. The molecule has 7 rings (SSSR count). The lowest BCUT2D eigenvalue weighted by atomic mass is 9.77. The summed E-state index contributed by atoms with van der Waals surface area (Å²) in [4.78, 5) is 2.59. The van der Waals surface area contributed by atoms with Crippen molar-refractivity contribution in [2.45, 2.75) is 36.7 Å². The third-order valence-electron chi connectivity index (χ3n) is 8.91. The van der Waals surface area contributed by atoms with Gasteiger partial charge in [-0.1, -0.05) is 36.4 Å². The van der Waals surface area contributed by atoms with Gasteiger partial charge in [0.05, 0.1) is 10.9 Å². The molecular weight excluding hydrogens is 492 g/mol. The van der Waals surface area contributed by atoms with Crippen LogP contribution in [-0.2, 0) is 16.6 Å². The molecule has 3 aliphatic rings. The van der Waals surface area contributed by atoms with Gasteiger partial charge in [0, 0.05) is 66.1 Å². The van der Waals surface area contributed by atoms with E-state index < -0.39 is 10.0 Å². The average molecular weight is 527 g/mol. The van der Waals surface area contributed by atoms with Gasteiger partial charge in [-0.15, -0.1) is 0 Å². The maximum absolute atomic E-state index is 13.5. The summed E-state index contributed by atoms with van der Waals surface area (Å²) in [5.41, 5.74) is 5.97. The number of hydrogen-bond acceptors (Lipinski definition) is 4. The van der Waals surface area contributed by atoms with E-state index in [2.05, 4.69) is 76.3 Å². The number of aromatic nitrogens is 1. The molecule has 1 saturated heterocycles. The monoisotopic (exact) mass is 526 g/mol. The number of nitrogens with zero attached hydrogens (tertiary/aromatic N) is 3. The first kappa shape index (κ1) is 23.9. The molecule has 196 valence electrons. The number of benzene rings is 3. The third-order valence-corrected chi connectivity index (χ3v) is 10.8. The van der Waals surface area contributed by atoms with E-state index in [1.807, 2.05) is 19.2 Å². The number of sulfonamides is 1. The van der Waals surface area contributed by atoms with Crippen molar-refractivity contribution in [3.8, 4) is 0 Å². The van der Waals surface area contributed by atoms with Crippen LogP contribution in [0.25, 0.3) is 21.8 Å². The number of rotatable bonds is 4. The second kappa shape index (κ2) is 8.97. The van der Waals surface area contributed by atoms with Gasteiger partial charge >= 0.3 is 0 Å². The molecule has 0 bridgehead atoms. The molecule has 3 unspecified atom stereocenters. The van der Waals surface area contributed by atoms with E-state index >= 15 is 0 Å². The van der Waals surface area contributed by atoms with Crippen molar-refractivity contribution in [3.05, 3.63) is 83.9 Å². The van der Waals surface area contributed by atoms with Crippen molar-refractivity contribution in [2.24, 2.45) is 5.92 Å². The summed E-state index contributed by atoms with van der Waals surface area (Å²) in [6, 6.07) is 21.4. The first-order valence-electron chi connectivity index (χ1n) is 13.7. The molecular formula is C31H34N4O2S. The number of hydrogen-bond donors (Lipinski definition) is 1. The standard InChI is InChI=1S/C31H34N4O2S/c1-3-35-29-10-5-4-7-24(29)27-19-21(11-14-30(27)35)31-25-9-6-8-23(25)26-20-22(12-13-28(26)32-31)38(36,37)34-17-15-33(2)16-18-34/h4-8,10-14,19-20,23,25,31-32H,3,9,15-18H2,1-2H3. The van der Waals surface area contributed by atoms with Gasteiger partial charge in [-0.3, -0.25) is 0 Å². The van der Waals surface area contributed by atoms with E-state index in [-0.39, 0.29) is 12.0 Å². The van der Waals surface area contributed by atoms with Crippen LogP contribution in [0, 0.1) is 5.92 Å². The molecule has 1 N–H and O–H groups in total. The maximum atomic E-state index is 13.5. The fraction of sp³-hybridized carbons (Fsp3) is 0.355. The van der Waals surface area contributed by atoms with Gasteiger partial charge in [-0.05, 0) is 73.8 Å². The molecule has 1 fully saturated rings. The van der Waals surface area contributed by atoms with Crippen LogP contribution in [0.4, 0.5) is 5.69 Å². The number of likely N-dealkylation sites (N-methyl/N-ethyl adjacent to an activating group) is 1. The number of nitrogens with one attached hydrogen (secondary N) is 1. The molecule has 2 aliphatic heterocycles. The van der Waals surface area contributed by atoms with E-state index in [1.165, 1.54) is 27.4 Å². The topological polar surface area (TPSA) is 57.6 Å². The number of allylic oxidation sites excluding steroid dienone is 2. The fourth-order valence-corrected chi connectivity index (χ4v) is 8.30. The summed E-state index contributed by atoms with van der Waals surface area (Å²) < 4.78 is 31.0. The van der Waals surface area contributed by atoms with Crippen molar-refractivity contribution in [1.29, 1.82) is 0 Å². The maximum Gasteiger partial charge on any atom is 0.243 e. The lowest BCUT2D eigenvalue weighted by molar-refractivity contribution is 0.222. The molecule has 0 amide bonds. The zero-order valence-corrected chi connectivity index (χ0v) is 22.8. The van der Waals surface area contributed by atoms with Crippen LogP contribution in [0.3, 0.4) is 0 Å². The molecule has 1 aliphatic carbocycles. The van der Waals surface area contributed by atoms with Crippen molar-refractivity contribution in [2.75, 3.05) is 38.5 Å². The minimum Gasteiger partial charge on any atom is -0.378 e. The highest BCUT2D eigenvalue weighted by Crippen LogP contribution is 2.50. The Morgan fingerprint density at radius 3 is 2.53 bits per heavy atom. The van der Waals surface area contributed by atoms with Gasteiger partial charge in [0.25, 0.3) is 0 Å². The van der Waals surface area contributed by atoms with Gasteiger partial charge < -0.3 is 14.8 Å². The SMILES string of the molecule is CCn1c2ccccc2c2cc(C3Nc4ccc(S(=O)(=O)N5CCN(C)CC5)cc4C4C=CCC43)ccc21. The normalized spacial score (nSPS) is 24.0. The molecule has 0 saturated carbocycles. The molecule has 7 heteroatoms. The number of anilines is 1. The number of para-hydroxylation sites is 1. The van der Waals surface area contributed by atoms with Crippen LogP contribution in [-0.4, -0.2) is 55.4 Å². The summed E-state index contributed by atoms with van der Waals surface area (Å²) in [7, 11) is -1.47. The lowest BCUT2D eigenvalue weighted by Crippen LogP contribution is -2.47. The van der Waals surface area contributed by atoms with Crippen LogP contribution >= 0.6 is 0 Å². The zero-order valence-electron chi connectivity index (χ0n) is 22.0. The summed E-state index contributed by atoms with van der Waals surface area (Å²) in [6.45, 7) is 5.75. The van der Waals surface area contributed by atoms with E-state index in [4.69, 9.17) is 0 Å². The summed E-state index contributed by atoms with van der Waals surface area (Å²) in [5.74, 6) is 0.549. The minimum absolute atomic E-state index is 0.163. The quantitative estimate of drug-likeness (QED) is 0.353. The second-order valence-corrected chi connectivity index (χ2v) is 12.9. The smallest absolute Gasteiger partial charge is 0.243 e. The Balaban J connectivity index is 1.26. The van der Waals surface area contributed by atoms with Crippen LogP contribution < -0.4 is 5.32 Å². The van der Waals surface area contributed by atoms with Crippen molar-refractivity contribution in [3.63, 3.8) is 0 Å². The largest absolute Gasteiger partial charge is 0.378 e. The van der Waals surface area contributed by atoms with E-state index in [0.717, 1.165) is 37.3 Å². The first-order chi connectivity index (χ1) is 18.5. The Hall–Kier alpha value is -3.13. The minimum atomic E-state index is -3.51. The van der Waals surface area contributed by atoms with Crippen molar-refractivity contribution >= 4 is 37.5 Å². The van der Waals surface area contributed by atoms with Gasteiger partial charge in [0.1, 0.15) is 0 Å². The van der Waals surface area contributed by atoms with Gasteiger partial charge in [0.15, 0.2) is 0 Å². The Bertz CT molecular complexity index is 1680. The Morgan fingerprint density at radius 1 is 0.921 bits per heavy atom. The molecule has 1 aromatic heterocycles. The first-order valence-corrected chi connectivity index (χ1v) is 15.2. The Labute approximate surface area is 224 Å². The van der Waals surface area contributed by atoms with Crippen LogP contribution in [0.5, 0.6) is 0 Å². The zero-order chi connectivity index (χ0) is 26.0. The highest BCUT2D eigenvalue weighted by molar-refractivity contribution is 7.89. The molecule has 3 aromatic carbocycles. The average Bonchev–Trinajstić information content (AvgIpc) is 3.55. The number of fused-ring (bicyclic) bond motifs is 6.